The van der Waals surface area contributed by atoms with Gasteiger partial charge in [-0.05, 0) is 13.8 Å². The molecular weight excluding hydrogens is 192 g/mol. The van der Waals surface area contributed by atoms with E-state index in [-0.39, 0.29) is 5.95 Å². The van der Waals surface area contributed by atoms with Crippen LogP contribution < -0.4 is 10.6 Å². The first-order valence-electron chi connectivity index (χ1n) is 4.97. The fourth-order valence-electron chi connectivity index (χ4n) is 1.58. The molecule has 0 aliphatic carbocycles. The number of aromatic amines is 1. The molecule has 0 saturated carbocycles. The Morgan fingerprint density at radius 1 is 1.33 bits per heavy atom. The van der Waals surface area contributed by atoms with Crippen molar-refractivity contribution in [3.8, 4) is 0 Å². The van der Waals surface area contributed by atoms with Gasteiger partial charge in [0.05, 0.1) is 6.33 Å². The Morgan fingerprint density at radius 2 is 2.07 bits per heavy atom. The molecule has 0 aliphatic rings. The Hall–Kier alpha value is -1.85. The van der Waals surface area contributed by atoms with Crippen LogP contribution in [-0.2, 0) is 0 Å². The van der Waals surface area contributed by atoms with E-state index in [0.29, 0.717) is 5.65 Å². The number of nitrogen functional groups attached to an aromatic ring is 1. The molecule has 2 aromatic rings. The molecule has 0 amide bonds. The maximum absolute atomic E-state index is 5.63. The van der Waals surface area contributed by atoms with E-state index in [0.717, 1.165) is 24.4 Å². The van der Waals surface area contributed by atoms with E-state index < -0.39 is 0 Å². The average Bonchev–Trinajstić information content (AvgIpc) is 2.67. The second-order valence-corrected chi connectivity index (χ2v) is 3.18. The smallest absolute Gasteiger partial charge is 0.224 e. The summed E-state index contributed by atoms with van der Waals surface area (Å²) in [5.41, 5.74) is 7.09. The Balaban J connectivity index is 2.61. The molecule has 2 heterocycles. The minimum Gasteiger partial charge on any atom is -0.368 e. The first-order valence-corrected chi connectivity index (χ1v) is 4.97. The van der Waals surface area contributed by atoms with Crippen LogP contribution in [0.1, 0.15) is 13.8 Å². The van der Waals surface area contributed by atoms with E-state index in [1.807, 2.05) is 0 Å². The van der Waals surface area contributed by atoms with Crippen molar-refractivity contribution in [2.45, 2.75) is 13.8 Å². The Morgan fingerprint density at radius 3 is 2.73 bits per heavy atom. The SMILES string of the molecule is CCN(CC)c1nc(N)nc2[nH]cnc12. The monoisotopic (exact) mass is 206 g/mol. The van der Waals surface area contributed by atoms with Gasteiger partial charge in [0.2, 0.25) is 5.95 Å². The Labute approximate surface area is 87.5 Å². The largest absolute Gasteiger partial charge is 0.368 e. The van der Waals surface area contributed by atoms with Crippen molar-refractivity contribution in [2.75, 3.05) is 23.7 Å². The van der Waals surface area contributed by atoms with Gasteiger partial charge in [-0.3, -0.25) is 0 Å². The second kappa shape index (κ2) is 3.72. The van der Waals surface area contributed by atoms with E-state index in [2.05, 4.69) is 38.7 Å². The van der Waals surface area contributed by atoms with Crippen LogP contribution in [-0.4, -0.2) is 33.0 Å². The van der Waals surface area contributed by atoms with E-state index in [1.54, 1.807) is 6.33 Å². The normalized spacial score (nSPS) is 10.8. The topological polar surface area (TPSA) is 83.7 Å². The fourth-order valence-corrected chi connectivity index (χ4v) is 1.58. The minimum atomic E-state index is 0.272. The highest BCUT2D eigenvalue weighted by Gasteiger charge is 2.12. The van der Waals surface area contributed by atoms with Gasteiger partial charge in [-0.2, -0.15) is 9.97 Å². The molecular formula is C9H14N6. The van der Waals surface area contributed by atoms with Gasteiger partial charge < -0.3 is 15.6 Å². The summed E-state index contributed by atoms with van der Waals surface area (Å²) in [5, 5.41) is 0. The number of fused-ring (bicyclic) bond motifs is 1. The summed E-state index contributed by atoms with van der Waals surface area (Å²) in [6.07, 6.45) is 1.60. The molecule has 15 heavy (non-hydrogen) atoms. The van der Waals surface area contributed by atoms with Crippen LogP contribution in [0.3, 0.4) is 0 Å². The van der Waals surface area contributed by atoms with Gasteiger partial charge in [0, 0.05) is 13.1 Å². The Bertz CT molecular complexity index is 459. The third kappa shape index (κ3) is 1.58. The molecule has 80 valence electrons. The summed E-state index contributed by atoms with van der Waals surface area (Å²) in [6, 6.07) is 0. The molecule has 0 aromatic carbocycles. The fraction of sp³-hybridized carbons (Fsp3) is 0.444. The maximum Gasteiger partial charge on any atom is 0.224 e. The summed E-state index contributed by atoms with van der Waals surface area (Å²) in [5.74, 6) is 1.07. The highest BCUT2D eigenvalue weighted by molar-refractivity contribution is 5.84. The molecule has 2 aromatic heterocycles. The number of rotatable bonds is 3. The van der Waals surface area contributed by atoms with Crippen LogP contribution in [0, 0.1) is 0 Å². The van der Waals surface area contributed by atoms with Crippen molar-refractivity contribution >= 4 is 22.9 Å². The lowest BCUT2D eigenvalue weighted by molar-refractivity contribution is 0.849. The van der Waals surface area contributed by atoms with E-state index in [4.69, 9.17) is 5.73 Å². The molecule has 0 fully saturated rings. The van der Waals surface area contributed by atoms with Crippen molar-refractivity contribution in [3.05, 3.63) is 6.33 Å². The third-order valence-corrected chi connectivity index (χ3v) is 2.34. The van der Waals surface area contributed by atoms with E-state index in [1.165, 1.54) is 0 Å². The molecule has 0 aliphatic heterocycles. The number of H-pyrrole nitrogens is 1. The van der Waals surface area contributed by atoms with Crippen molar-refractivity contribution < 1.29 is 0 Å². The number of imidazole rings is 1. The van der Waals surface area contributed by atoms with Gasteiger partial charge in [-0.15, -0.1) is 0 Å². The maximum atomic E-state index is 5.63. The summed E-state index contributed by atoms with van der Waals surface area (Å²) < 4.78 is 0. The van der Waals surface area contributed by atoms with Gasteiger partial charge in [0.15, 0.2) is 17.0 Å². The van der Waals surface area contributed by atoms with Crippen molar-refractivity contribution in [1.29, 1.82) is 0 Å². The number of hydrogen-bond acceptors (Lipinski definition) is 5. The summed E-state index contributed by atoms with van der Waals surface area (Å²) >= 11 is 0. The zero-order valence-electron chi connectivity index (χ0n) is 8.86. The highest BCUT2D eigenvalue weighted by atomic mass is 15.2. The molecule has 6 heteroatoms. The lowest BCUT2D eigenvalue weighted by Crippen LogP contribution is -2.23. The van der Waals surface area contributed by atoms with Crippen LogP contribution in [0.15, 0.2) is 6.33 Å². The van der Waals surface area contributed by atoms with Gasteiger partial charge in [-0.1, -0.05) is 0 Å². The van der Waals surface area contributed by atoms with Crippen LogP contribution in [0.4, 0.5) is 11.8 Å². The van der Waals surface area contributed by atoms with Crippen LogP contribution in [0.25, 0.3) is 11.2 Å². The lowest BCUT2D eigenvalue weighted by Gasteiger charge is -2.19. The molecule has 0 radical (unpaired) electrons. The van der Waals surface area contributed by atoms with Gasteiger partial charge >= 0.3 is 0 Å². The van der Waals surface area contributed by atoms with Crippen molar-refractivity contribution in [2.24, 2.45) is 0 Å². The van der Waals surface area contributed by atoms with Crippen molar-refractivity contribution in [3.63, 3.8) is 0 Å². The molecule has 6 nitrogen and oxygen atoms in total. The number of hydrogen-bond donors (Lipinski definition) is 2. The highest BCUT2D eigenvalue weighted by Crippen LogP contribution is 2.21. The van der Waals surface area contributed by atoms with Crippen molar-refractivity contribution in [1.82, 2.24) is 19.9 Å². The van der Waals surface area contributed by atoms with E-state index in [9.17, 15) is 0 Å². The summed E-state index contributed by atoms with van der Waals surface area (Å²) in [6.45, 7) is 5.88. The Kier molecular flexibility index (Phi) is 2.40. The zero-order valence-corrected chi connectivity index (χ0v) is 8.86. The van der Waals surface area contributed by atoms with Crippen LogP contribution in [0.2, 0.25) is 0 Å². The minimum absolute atomic E-state index is 0.272. The number of nitrogens with one attached hydrogen (secondary N) is 1. The standard InChI is InChI=1S/C9H14N6/c1-3-15(4-2)8-6-7(12-5-11-6)13-9(10)14-8/h5H,3-4H2,1-2H3,(H3,10,11,12,13,14). The van der Waals surface area contributed by atoms with Crippen LogP contribution >= 0.6 is 0 Å². The quantitative estimate of drug-likeness (QED) is 0.775. The molecule has 0 spiro atoms. The van der Waals surface area contributed by atoms with E-state index >= 15 is 0 Å². The molecule has 2 rings (SSSR count). The molecule has 0 atom stereocenters. The number of nitrogens with two attached hydrogens (primary N) is 1. The number of anilines is 2. The molecule has 0 unspecified atom stereocenters. The second-order valence-electron chi connectivity index (χ2n) is 3.18. The lowest BCUT2D eigenvalue weighted by atomic mass is 10.4. The van der Waals surface area contributed by atoms with Gasteiger partial charge in [0.25, 0.3) is 0 Å². The average molecular weight is 206 g/mol. The first-order chi connectivity index (χ1) is 7.26. The first kappa shape index (κ1) is 9.70. The predicted octanol–water partition coefficient (Wildman–Crippen LogP) is 0.781. The van der Waals surface area contributed by atoms with Crippen LogP contribution in [0.5, 0.6) is 0 Å². The number of aromatic nitrogens is 4. The summed E-state index contributed by atoms with van der Waals surface area (Å²) in [7, 11) is 0. The number of nitrogens with zero attached hydrogens (tertiary/aromatic N) is 4. The predicted molar refractivity (Wildman–Crippen MR) is 59.7 cm³/mol. The molecule has 0 saturated heterocycles. The third-order valence-electron chi connectivity index (χ3n) is 2.34. The molecule has 3 N–H and O–H groups in total. The van der Waals surface area contributed by atoms with Gasteiger partial charge in [0.1, 0.15) is 0 Å². The summed E-state index contributed by atoms with van der Waals surface area (Å²) in [4.78, 5) is 17.5. The zero-order chi connectivity index (χ0) is 10.8. The van der Waals surface area contributed by atoms with Gasteiger partial charge in [-0.25, -0.2) is 4.98 Å². The molecule has 0 bridgehead atoms.